The summed E-state index contributed by atoms with van der Waals surface area (Å²) in [7, 11) is 1.61. The smallest absolute Gasteiger partial charge is 0.338 e. The van der Waals surface area contributed by atoms with E-state index in [2.05, 4.69) is 9.97 Å². The maximum absolute atomic E-state index is 12.0. The van der Waals surface area contributed by atoms with Crippen LogP contribution < -0.4 is 5.56 Å². The number of esters is 1. The largest absolute Gasteiger partial charge is 0.454 e. The van der Waals surface area contributed by atoms with Crippen LogP contribution in [0.15, 0.2) is 40.5 Å². The molecule has 0 fully saturated rings. The fraction of sp³-hybridized carbons (Fsp3) is 0.188. The summed E-state index contributed by atoms with van der Waals surface area (Å²) in [5.74, 6) is -0.146. The molecule has 23 heavy (non-hydrogen) atoms. The number of hydrogen-bond donors (Lipinski definition) is 1. The third-order valence-electron chi connectivity index (χ3n) is 3.20. The highest BCUT2D eigenvalue weighted by molar-refractivity contribution is 7.17. The minimum atomic E-state index is -0.470. The molecule has 2 aromatic heterocycles. The molecule has 1 aromatic carbocycles. The Kier molecular flexibility index (Phi) is 4.50. The molecule has 0 radical (unpaired) electrons. The average molecular weight is 330 g/mol. The minimum absolute atomic E-state index is 0.0836. The van der Waals surface area contributed by atoms with Gasteiger partial charge in [0.25, 0.3) is 5.56 Å². The topological polar surface area (TPSA) is 81.3 Å². The van der Waals surface area contributed by atoms with Crippen molar-refractivity contribution in [1.29, 1.82) is 0 Å². The molecule has 0 aliphatic rings. The summed E-state index contributed by atoms with van der Waals surface area (Å²) in [6, 6.07) is 8.72. The number of nitrogens with zero attached hydrogens (tertiary/aromatic N) is 1. The maximum atomic E-state index is 12.0. The van der Waals surface area contributed by atoms with E-state index in [4.69, 9.17) is 9.47 Å². The van der Waals surface area contributed by atoms with Crippen LogP contribution in [0.25, 0.3) is 10.2 Å². The lowest BCUT2D eigenvalue weighted by Gasteiger charge is -2.05. The molecule has 0 atom stereocenters. The van der Waals surface area contributed by atoms with Gasteiger partial charge >= 0.3 is 5.97 Å². The van der Waals surface area contributed by atoms with Gasteiger partial charge in [0.2, 0.25) is 0 Å². The fourth-order valence-corrected chi connectivity index (χ4v) is 2.84. The number of carbonyl (C=O) groups is 1. The van der Waals surface area contributed by atoms with Gasteiger partial charge in [-0.1, -0.05) is 12.1 Å². The number of methoxy groups -OCH3 is 1. The number of aromatic nitrogens is 2. The predicted octanol–water partition coefficient (Wildman–Crippen LogP) is 2.49. The van der Waals surface area contributed by atoms with Crippen molar-refractivity contribution in [3.8, 4) is 0 Å². The second-order valence-electron chi connectivity index (χ2n) is 4.85. The second-order valence-corrected chi connectivity index (χ2v) is 5.77. The van der Waals surface area contributed by atoms with E-state index < -0.39 is 5.97 Å². The number of rotatable bonds is 5. The van der Waals surface area contributed by atoms with Crippen LogP contribution >= 0.6 is 11.3 Å². The summed E-state index contributed by atoms with van der Waals surface area (Å²) in [5.41, 5.74) is 1.79. The molecule has 0 saturated heterocycles. The van der Waals surface area contributed by atoms with Gasteiger partial charge in [-0.25, -0.2) is 9.78 Å². The Balaban J connectivity index is 1.68. The number of fused-ring (bicyclic) bond motifs is 1. The summed E-state index contributed by atoms with van der Waals surface area (Å²) in [4.78, 5) is 30.7. The monoisotopic (exact) mass is 330 g/mol. The van der Waals surface area contributed by atoms with E-state index in [1.54, 1.807) is 42.8 Å². The van der Waals surface area contributed by atoms with E-state index in [0.717, 1.165) is 5.56 Å². The van der Waals surface area contributed by atoms with Crippen LogP contribution in [-0.2, 0) is 22.7 Å². The molecule has 1 N–H and O–H groups in total. The Morgan fingerprint density at radius 3 is 2.74 bits per heavy atom. The van der Waals surface area contributed by atoms with Crippen molar-refractivity contribution < 1.29 is 14.3 Å². The van der Waals surface area contributed by atoms with Crippen molar-refractivity contribution in [2.45, 2.75) is 13.2 Å². The Labute approximate surface area is 135 Å². The van der Waals surface area contributed by atoms with Crippen LogP contribution in [0.4, 0.5) is 0 Å². The van der Waals surface area contributed by atoms with E-state index in [9.17, 15) is 9.59 Å². The van der Waals surface area contributed by atoms with Crippen LogP contribution in [0.3, 0.4) is 0 Å². The summed E-state index contributed by atoms with van der Waals surface area (Å²) in [5, 5.41) is 1.80. The Bertz CT molecular complexity index is 883. The minimum Gasteiger partial charge on any atom is -0.454 e. The Hall–Kier alpha value is -2.51. The molecule has 118 valence electrons. The Morgan fingerprint density at radius 2 is 2.00 bits per heavy atom. The van der Waals surface area contributed by atoms with Crippen molar-refractivity contribution in [3.63, 3.8) is 0 Å². The first-order valence-corrected chi connectivity index (χ1v) is 7.77. The molecular weight excluding hydrogens is 316 g/mol. The van der Waals surface area contributed by atoms with Crippen molar-refractivity contribution in [3.05, 3.63) is 63.0 Å². The third-order valence-corrected chi connectivity index (χ3v) is 4.11. The number of thiophene rings is 1. The lowest BCUT2D eigenvalue weighted by atomic mass is 10.1. The second kappa shape index (κ2) is 6.72. The van der Waals surface area contributed by atoms with Crippen LogP contribution in [0.2, 0.25) is 0 Å². The summed E-state index contributed by atoms with van der Waals surface area (Å²) in [6.07, 6.45) is 0. The fourth-order valence-electron chi connectivity index (χ4n) is 2.11. The van der Waals surface area contributed by atoms with E-state index >= 15 is 0 Å². The van der Waals surface area contributed by atoms with Crippen LogP contribution in [-0.4, -0.2) is 23.0 Å². The zero-order chi connectivity index (χ0) is 16.2. The highest BCUT2D eigenvalue weighted by atomic mass is 32.1. The standard InChI is InChI=1S/C16H14N2O4S/c1-21-8-10-2-4-11(5-3-10)16(20)22-9-13-17-12-6-7-23-14(12)15(19)18-13/h2-7H,8-9H2,1H3,(H,17,18,19). The van der Waals surface area contributed by atoms with Crippen LogP contribution in [0.5, 0.6) is 0 Å². The zero-order valence-corrected chi connectivity index (χ0v) is 13.2. The number of aromatic amines is 1. The SMILES string of the molecule is COCc1ccc(C(=O)OCc2nc3ccsc3c(=O)[nH]2)cc1. The average Bonchev–Trinajstić information content (AvgIpc) is 3.03. The number of benzene rings is 1. The normalized spacial score (nSPS) is 10.8. The van der Waals surface area contributed by atoms with Gasteiger partial charge in [-0.2, -0.15) is 0 Å². The first-order chi connectivity index (χ1) is 11.2. The number of ether oxygens (including phenoxy) is 2. The molecule has 3 aromatic rings. The van der Waals surface area contributed by atoms with Crippen LogP contribution in [0, 0.1) is 0 Å². The number of hydrogen-bond acceptors (Lipinski definition) is 6. The molecule has 0 saturated carbocycles. The molecule has 7 heteroatoms. The molecule has 0 bridgehead atoms. The maximum Gasteiger partial charge on any atom is 0.338 e. The quantitative estimate of drug-likeness (QED) is 0.727. The summed E-state index contributed by atoms with van der Waals surface area (Å²) in [6.45, 7) is 0.404. The van der Waals surface area contributed by atoms with Gasteiger partial charge in [-0.15, -0.1) is 11.3 Å². The number of nitrogens with one attached hydrogen (secondary N) is 1. The van der Waals surface area contributed by atoms with E-state index in [1.165, 1.54) is 11.3 Å². The lowest BCUT2D eigenvalue weighted by molar-refractivity contribution is 0.0462. The van der Waals surface area contributed by atoms with Gasteiger partial charge in [0.1, 0.15) is 17.1 Å². The first-order valence-electron chi connectivity index (χ1n) is 6.89. The highest BCUT2D eigenvalue weighted by Crippen LogP contribution is 2.14. The first kappa shape index (κ1) is 15.4. The molecule has 6 nitrogen and oxygen atoms in total. The van der Waals surface area contributed by atoms with E-state index in [0.29, 0.717) is 28.2 Å². The van der Waals surface area contributed by atoms with Crippen LogP contribution in [0.1, 0.15) is 21.7 Å². The van der Waals surface area contributed by atoms with Gasteiger partial charge in [0, 0.05) is 7.11 Å². The summed E-state index contributed by atoms with van der Waals surface area (Å²) >= 11 is 1.32. The molecule has 0 amide bonds. The third kappa shape index (κ3) is 3.46. The van der Waals surface area contributed by atoms with E-state index in [-0.39, 0.29) is 12.2 Å². The highest BCUT2D eigenvalue weighted by Gasteiger charge is 2.10. The molecule has 0 spiro atoms. The Morgan fingerprint density at radius 1 is 1.22 bits per heavy atom. The van der Waals surface area contributed by atoms with Crippen molar-refractivity contribution in [1.82, 2.24) is 9.97 Å². The predicted molar refractivity (Wildman–Crippen MR) is 86.5 cm³/mol. The van der Waals surface area contributed by atoms with Gasteiger partial charge in [0.05, 0.1) is 17.7 Å². The molecule has 2 heterocycles. The molecule has 0 unspecified atom stereocenters. The van der Waals surface area contributed by atoms with Crippen molar-refractivity contribution in [2.24, 2.45) is 0 Å². The molecule has 0 aliphatic heterocycles. The summed E-state index contributed by atoms with van der Waals surface area (Å²) < 4.78 is 10.8. The van der Waals surface area contributed by atoms with Gasteiger partial charge < -0.3 is 14.5 Å². The van der Waals surface area contributed by atoms with E-state index in [1.807, 2.05) is 0 Å². The number of carbonyl (C=O) groups excluding carboxylic acids is 1. The molecule has 3 rings (SSSR count). The van der Waals surface area contributed by atoms with Gasteiger partial charge in [-0.3, -0.25) is 4.79 Å². The molecule has 0 aliphatic carbocycles. The van der Waals surface area contributed by atoms with Crippen molar-refractivity contribution in [2.75, 3.05) is 7.11 Å². The zero-order valence-electron chi connectivity index (χ0n) is 12.4. The molecular formula is C16H14N2O4S. The lowest BCUT2D eigenvalue weighted by Crippen LogP contribution is -2.13. The van der Waals surface area contributed by atoms with Gasteiger partial charge in [-0.05, 0) is 29.1 Å². The van der Waals surface area contributed by atoms with Crippen molar-refractivity contribution >= 4 is 27.5 Å². The van der Waals surface area contributed by atoms with Gasteiger partial charge in [0.15, 0.2) is 0 Å². The number of H-pyrrole nitrogens is 1.